The molecule has 1 aromatic rings. The van der Waals surface area contributed by atoms with Crippen molar-refractivity contribution in [2.75, 3.05) is 20.1 Å². The third-order valence-corrected chi connectivity index (χ3v) is 2.95. The lowest BCUT2D eigenvalue weighted by atomic mass is 10.1. The Kier molecular flexibility index (Phi) is 9.27. The molecule has 3 nitrogen and oxygen atoms in total. The summed E-state index contributed by atoms with van der Waals surface area (Å²) in [6.45, 7) is 6.34. The SMILES string of the molecule is CCCN(Cc1ccccc1)C(=O)C(C)CNC.Cl. The minimum absolute atomic E-state index is 0. The summed E-state index contributed by atoms with van der Waals surface area (Å²) in [5.74, 6) is 0.264. The molecule has 0 saturated heterocycles. The fourth-order valence-electron chi connectivity index (χ4n) is 2.05. The van der Waals surface area contributed by atoms with E-state index in [9.17, 15) is 4.79 Å². The van der Waals surface area contributed by atoms with E-state index in [0.717, 1.165) is 19.5 Å². The summed E-state index contributed by atoms with van der Waals surface area (Å²) in [4.78, 5) is 14.3. The zero-order valence-electron chi connectivity index (χ0n) is 12.1. The number of hydrogen-bond acceptors (Lipinski definition) is 2. The molecule has 0 fully saturated rings. The second-order valence-electron chi connectivity index (χ2n) is 4.70. The van der Waals surface area contributed by atoms with Crippen molar-refractivity contribution in [3.63, 3.8) is 0 Å². The van der Waals surface area contributed by atoms with Crippen molar-refractivity contribution in [3.8, 4) is 0 Å². The zero-order chi connectivity index (χ0) is 13.4. The van der Waals surface area contributed by atoms with Gasteiger partial charge in [-0.15, -0.1) is 12.4 Å². The molecule has 1 unspecified atom stereocenters. The van der Waals surface area contributed by atoms with E-state index in [1.807, 2.05) is 37.1 Å². The van der Waals surface area contributed by atoms with Gasteiger partial charge in [0.05, 0.1) is 0 Å². The van der Waals surface area contributed by atoms with Gasteiger partial charge in [-0.2, -0.15) is 0 Å². The number of amides is 1. The number of nitrogens with zero attached hydrogens (tertiary/aromatic N) is 1. The van der Waals surface area contributed by atoms with Crippen LogP contribution in [0.4, 0.5) is 0 Å². The quantitative estimate of drug-likeness (QED) is 0.835. The lowest BCUT2D eigenvalue weighted by Gasteiger charge is -2.25. The molecule has 1 atom stereocenters. The van der Waals surface area contributed by atoms with Crippen molar-refractivity contribution in [1.29, 1.82) is 0 Å². The molecule has 0 aliphatic heterocycles. The summed E-state index contributed by atoms with van der Waals surface area (Å²) in [6, 6.07) is 10.2. The van der Waals surface area contributed by atoms with Gasteiger partial charge in [-0.3, -0.25) is 4.79 Å². The molecule has 0 aliphatic rings. The Bertz CT molecular complexity index is 356. The van der Waals surface area contributed by atoms with E-state index in [2.05, 4.69) is 24.4 Å². The van der Waals surface area contributed by atoms with Gasteiger partial charge in [0.15, 0.2) is 0 Å². The molecule has 1 rings (SSSR count). The number of nitrogens with one attached hydrogen (secondary N) is 1. The number of carbonyl (C=O) groups is 1. The van der Waals surface area contributed by atoms with E-state index in [4.69, 9.17) is 0 Å². The lowest BCUT2D eigenvalue weighted by molar-refractivity contribution is -0.135. The van der Waals surface area contributed by atoms with Gasteiger partial charge in [0, 0.05) is 25.6 Å². The minimum Gasteiger partial charge on any atom is -0.338 e. The van der Waals surface area contributed by atoms with E-state index >= 15 is 0 Å². The van der Waals surface area contributed by atoms with Gasteiger partial charge in [0.2, 0.25) is 5.91 Å². The monoisotopic (exact) mass is 284 g/mol. The highest BCUT2D eigenvalue weighted by Gasteiger charge is 2.19. The van der Waals surface area contributed by atoms with Crippen molar-refractivity contribution in [1.82, 2.24) is 10.2 Å². The van der Waals surface area contributed by atoms with E-state index in [-0.39, 0.29) is 24.2 Å². The third kappa shape index (κ3) is 6.08. The Morgan fingerprint density at radius 3 is 2.47 bits per heavy atom. The topological polar surface area (TPSA) is 32.3 Å². The normalized spacial score (nSPS) is 11.5. The number of carbonyl (C=O) groups excluding carboxylic acids is 1. The van der Waals surface area contributed by atoms with E-state index in [0.29, 0.717) is 6.54 Å². The Balaban J connectivity index is 0.00000324. The van der Waals surface area contributed by atoms with Crippen LogP contribution in [0.15, 0.2) is 30.3 Å². The van der Waals surface area contributed by atoms with Crippen molar-refractivity contribution >= 4 is 18.3 Å². The number of halogens is 1. The number of rotatable bonds is 7. The first-order valence-corrected chi connectivity index (χ1v) is 6.66. The molecule has 1 aromatic carbocycles. The molecular weight excluding hydrogens is 260 g/mol. The first-order valence-electron chi connectivity index (χ1n) is 6.66. The molecular formula is C15H25ClN2O. The van der Waals surface area contributed by atoms with Crippen LogP contribution in [0.1, 0.15) is 25.8 Å². The molecule has 0 aromatic heterocycles. The summed E-state index contributed by atoms with van der Waals surface area (Å²) in [5, 5.41) is 3.06. The summed E-state index contributed by atoms with van der Waals surface area (Å²) < 4.78 is 0. The van der Waals surface area contributed by atoms with E-state index < -0.39 is 0 Å². The van der Waals surface area contributed by atoms with Crippen LogP contribution < -0.4 is 5.32 Å². The van der Waals surface area contributed by atoms with Gasteiger partial charge < -0.3 is 10.2 Å². The third-order valence-electron chi connectivity index (χ3n) is 2.95. The van der Waals surface area contributed by atoms with Crippen LogP contribution >= 0.6 is 12.4 Å². The smallest absolute Gasteiger partial charge is 0.226 e. The van der Waals surface area contributed by atoms with Gasteiger partial charge in [-0.05, 0) is 19.0 Å². The number of benzene rings is 1. The average Bonchev–Trinajstić information content (AvgIpc) is 2.39. The summed E-state index contributed by atoms with van der Waals surface area (Å²) in [5.41, 5.74) is 1.19. The standard InChI is InChI=1S/C15H24N2O.ClH/c1-4-10-17(15(18)13(2)11-16-3)12-14-8-6-5-7-9-14;/h5-9,13,16H,4,10-12H2,1-3H3;1H. The van der Waals surface area contributed by atoms with Crippen LogP contribution in [-0.4, -0.2) is 30.9 Å². The molecule has 0 heterocycles. The second kappa shape index (κ2) is 9.82. The first-order chi connectivity index (χ1) is 8.69. The Morgan fingerprint density at radius 2 is 1.95 bits per heavy atom. The van der Waals surface area contributed by atoms with E-state index in [1.54, 1.807) is 0 Å². The highest BCUT2D eigenvalue weighted by molar-refractivity contribution is 5.85. The molecule has 4 heteroatoms. The molecule has 1 N–H and O–H groups in total. The maximum atomic E-state index is 12.3. The van der Waals surface area contributed by atoms with Crippen molar-refractivity contribution in [2.24, 2.45) is 5.92 Å². The summed E-state index contributed by atoms with van der Waals surface area (Å²) in [7, 11) is 1.88. The molecule has 0 spiro atoms. The van der Waals surface area contributed by atoms with Crippen LogP contribution in [0.25, 0.3) is 0 Å². The highest BCUT2D eigenvalue weighted by atomic mass is 35.5. The Labute approximate surface area is 122 Å². The molecule has 0 radical (unpaired) electrons. The van der Waals surface area contributed by atoms with Gasteiger partial charge in [0.25, 0.3) is 0 Å². The second-order valence-corrected chi connectivity index (χ2v) is 4.70. The van der Waals surface area contributed by atoms with Gasteiger partial charge >= 0.3 is 0 Å². The summed E-state index contributed by atoms with van der Waals surface area (Å²) in [6.07, 6.45) is 0.991. The van der Waals surface area contributed by atoms with Crippen LogP contribution in [0, 0.1) is 5.92 Å². The highest BCUT2D eigenvalue weighted by Crippen LogP contribution is 2.09. The number of hydrogen-bond donors (Lipinski definition) is 1. The van der Waals surface area contributed by atoms with Gasteiger partial charge in [0.1, 0.15) is 0 Å². The molecule has 0 aliphatic carbocycles. The lowest BCUT2D eigenvalue weighted by Crippen LogP contribution is -2.38. The zero-order valence-corrected chi connectivity index (χ0v) is 12.9. The largest absolute Gasteiger partial charge is 0.338 e. The molecule has 108 valence electrons. The maximum absolute atomic E-state index is 12.3. The van der Waals surface area contributed by atoms with Crippen molar-refractivity contribution in [2.45, 2.75) is 26.8 Å². The molecule has 0 bridgehead atoms. The van der Waals surface area contributed by atoms with Gasteiger partial charge in [-0.1, -0.05) is 44.2 Å². The molecule has 0 saturated carbocycles. The fraction of sp³-hybridized carbons (Fsp3) is 0.533. The Morgan fingerprint density at radius 1 is 1.32 bits per heavy atom. The van der Waals surface area contributed by atoms with Crippen LogP contribution in [0.5, 0.6) is 0 Å². The molecule has 1 amide bonds. The fourth-order valence-corrected chi connectivity index (χ4v) is 2.05. The van der Waals surface area contributed by atoms with Crippen molar-refractivity contribution in [3.05, 3.63) is 35.9 Å². The Hall–Kier alpha value is -1.06. The van der Waals surface area contributed by atoms with Crippen LogP contribution in [0.3, 0.4) is 0 Å². The minimum atomic E-state index is 0. The predicted molar refractivity (Wildman–Crippen MR) is 82.5 cm³/mol. The van der Waals surface area contributed by atoms with Crippen LogP contribution in [-0.2, 0) is 11.3 Å². The predicted octanol–water partition coefficient (Wildman–Crippen LogP) is 2.70. The maximum Gasteiger partial charge on any atom is 0.226 e. The molecule has 19 heavy (non-hydrogen) atoms. The average molecular weight is 285 g/mol. The van der Waals surface area contributed by atoms with Crippen molar-refractivity contribution < 1.29 is 4.79 Å². The van der Waals surface area contributed by atoms with Crippen LogP contribution in [0.2, 0.25) is 0 Å². The first kappa shape index (κ1) is 17.9. The van der Waals surface area contributed by atoms with E-state index in [1.165, 1.54) is 5.56 Å². The summed E-state index contributed by atoms with van der Waals surface area (Å²) >= 11 is 0. The van der Waals surface area contributed by atoms with Gasteiger partial charge in [-0.25, -0.2) is 0 Å².